The van der Waals surface area contributed by atoms with Crippen LogP contribution in [0.2, 0.25) is 5.02 Å². The highest BCUT2D eigenvalue weighted by Crippen LogP contribution is 2.26. The third-order valence-electron chi connectivity index (χ3n) is 1.95. The zero-order valence-electron chi connectivity index (χ0n) is 10.2. The van der Waals surface area contributed by atoms with E-state index in [2.05, 4.69) is 10.3 Å². The predicted molar refractivity (Wildman–Crippen MR) is 85.2 cm³/mol. The molecule has 0 aliphatic rings. The number of nitrogens with two attached hydrogens (primary N) is 1. The maximum absolute atomic E-state index is 9.05. The number of aliphatic imine (C=N–C) groups is 1. The van der Waals surface area contributed by atoms with Gasteiger partial charge < -0.3 is 20.9 Å². The van der Waals surface area contributed by atoms with E-state index in [1.54, 1.807) is 32.2 Å². The Morgan fingerprint density at radius 1 is 1.61 bits per heavy atom. The van der Waals surface area contributed by atoms with Crippen molar-refractivity contribution in [1.29, 1.82) is 0 Å². The van der Waals surface area contributed by atoms with Crippen LogP contribution >= 0.6 is 35.6 Å². The number of nitrogens with zero attached hydrogens (tertiary/aromatic N) is 1. The Labute approximate surface area is 128 Å². The summed E-state index contributed by atoms with van der Waals surface area (Å²) in [5.74, 6) is 0.823. The number of ether oxygens (including phenoxy) is 1. The number of methoxy groups -OCH3 is 1. The highest BCUT2D eigenvalue weighted by atomic mass is 127. The first-order chi connectivity index (χ1) is 8.02. The van der Waals surface area contributed by atoms with E-state index in [0.29, 0.717) is 16.5 Å². The molecule has 0 spiro atoms. The van der Waals surface area contributed by atoms with Gasteiger partial charge in [-0.3, -0.25) is 4.99 Å². The second-order valence-corrected chi connectivity index (χ2v) is 3.96. The zero-order valence-corrected chi connectivity index (χ0v) is 13.3. The first-order valence-electron chi connectivity index (χ1n) is 5.11. The Morgan fingerprint density at radius 3 is 2.78 bits per heavy atom. The van der Waals surface area contributed by atoms with Crippen LogP contribution in [-0.2, 0) is 0 Å². The summed E-state index contributed by atoms with van der Waals surface area (Å²) in [5.41, 5.74) is 6.34. The van der Waals surface area contributed by atoms with Gasteiger partial charge in [-0.15, -0.1) is 24.0 Å². The molecule has 7 heteroatoms. The fourth-order valence-corrected chi connectivity index (χ4v) is 1.42. The van der Waals surface area contributed by atoms with E-state index in [1.165, 1.54) is 0 Å². The van der Waals surface area contributed by atoms with Gasteiger partial charge in [0.05, 0.1) is 24.8 Å². The van der Waals surface area contributed by atoms with E-state index in [0.717, 1.165) is 0 Å². The molecular formula is C11H17ClIN3O2. The van der Waals surface area contributed by atoms with Gasteiger partial charge in [0, 0.05) is 5.69 Å². The van der Waals surface area contributed by atoms with Crippen LogP contribution < -0.4 is 15.8 Å². The van der Waals surface area contributed by atoms with Crippen molar-refractivity contribution in [2.45, 2.75) is 13.0 Å². The van der Waals surface area contributed by atoms with Crippen LogP contribution in [0.25, 0.3) is 0 Å². The first kappa shape index (κ1) is 17.3. The fourth-order valence-electron chi connectivity index (χ4n) is 1.16. The van der Waals surface area contributed by atoms with Crippen LogP contribution in [0.15, 0.2) is 23.2 Å². The van der Waals surface area contributed by atoms with Crippen molar-refractivity contribution in [1.82, 2.24) is 0 Å². The number of rotatable bonds is 4. The topological polar surface area (TPSA) is 79.9 Å². The number of hydrogen-bond acceptors (Lipinski definition) is 3. The molecule has 0 amide bonds. The summed E-state index contributed by atoms with van der Waals surface area (Å²) >= 11 is 5.95. The molecule has 1 unspecified atom stereocenters. The lowest BCUT2D eigenvalue weighted by molar-refractivity contribution is 0.204. The lowest BCUT2D eigenvalue weighted by atomic mass is 10.3. The van der Waals surface area contributed by atoms with Gasteiger partial charge in [0.25, 0.3) is 0 Å². The molecular weight excluding hydrogens is 368 g/mol. The van der Waals surface area contributed by atoms with Gasteiger partial charge in [-0.25, -0.2) is 0 Å². The maximum atomic E-state index is 9.05. The first-order valence-corrected chi connectivity index (χ1v) is 5.49. The third kappa shape index (κ3) is 5.74. The van der Waals surface area contributed by atoms with Crippen molar-refractivity contribution in [3.63, 3.8) is 0 Å². The van der Waals surface area contributed by atoms with Crippen molar-refractivity contribution in [2.24, 2.45) is 10.7 Å². The minimum absolute atomic E-state index is 0. The molecule has 0 saturated heterocycles. The van der Waals surface area contributed by atoms with Crippen LogP contribution in [0.3, 0.4) is 0 Å². The van der Waals surface area contributed by atoms with E-state index < -0.39 is 6.10 Å². The number of guanidine groups is 1. The Kier molecular flexibility index (Phi) is 8.05. The maximum Gasteiger partial charge on any atom is 0.193 e. The molecule has 0 fully saturated rings. The highest BCUT2D eigenvalue weighted by Gasteiger charge is 2.02. The smallest absolute Gasteiger partial charge is 0.193 e. The van der Waals surface area contributed by atoms with Gasteiger partial charge in [-0.1, -0.05) is 11.6 Å². The molecule has 5 nitrogen and oxygen atoms in total. The van der Waals surface area contributed by atoms with Crippen LogP contribution in [-0.4, -0.2) is 30.8 Å². The number of aliphatic hydroxyl groups excluding tert-OH is 1. The number of hydrogen-bond donors (Lipinski definition) is 3. The third-order valence-corrected chi connectivity index (χ3v) is 2.25. The molecule has 0 heterocycles. The van der Waals surface area contributed by atoms with Gasteiger partial charge >= 0.3 is 0 Å². The monoisotopic (exact) mass is 385 g/mol. The number of anilines is 1. The molecule has 0 radical (unpaired) electrons. The quantitative estimate of drug-likeness (QED) is 0.421. The Bertz CT molecular complexity index is 413. The summed E-state index contributed by atoms with van der Waals surface area (Å²) in [4.78, 5) is 3.95. The van der Waals surface area contributed by atoms with Crippen LogP contribution in [0.4, 0.5) is 5.69 Å². The van der Waals surface area contributed by atoms with E-state index in [1.807, 2.05) is 0 Å². The number of nitrogens with one attached hydrogen (secondary N) is 1. The second-order valence-electron chi connectivity index (χ2n) is 3.55. The summed E-state index contributed by atoms with van der Waals surface area (Å²) in [7, 11) is 1.55. The summed E-state index contributed by atoms with van der Waals surface area (Å²) in [6.45, 7) is 1.89. The molecule has 1 rings (SSSR count). The molecule has 1 aromatic carbocycles. The standard InChI is InChI=1S/C11H16ClN3O2.HI/c1-7(16)6-14-11(13)15-8-3-4-10(17-2)9(12)5-8;/h3-5,7,16H,6H2,1-2H3,(H3,13,14,15);1H. The van der Waals surface area contributed by atoms with E-state index in [9.17, 15) is 0 Å². The van der Waals surface area contributed by atoms with Crippen molar-refractivity contribution in [3.8, 4) is 5.75 Å². The van der Waals surface area contributed by atoms with Crippen molar-refractivity contribution >= 4 is 47.2 Å². The van der Waals surface area contributed by atoms with Crippen LogP contribution in [0.5, 0.6) is 5.75 Å². The summed E-state index contributed by atoms with van der Waals surface area (Å²) in [6, 6.07) is 5.19. The number of halogens is 2. The zero-order chi connectivity index (χ0) is 12.8. The fraction of sp³-hybridized carbons (Fsp3) is 0.364. The normalized spacial score (nSPS) is 12.6. The summed E-state index contributed by atoms with van der Waals surface area (Å²) in [6.07, 6.45) is -0.519. The summed E-state index contributed by atoms with van der Waals surface area (Å²) in [5, 5.41) is 12.4. The molecule has 102 valence electrons. The van der Waals surface area contributed by atoms with E-state index in [4.69, 9.17) is 27.2 Å². The van der Waals surface area contributed by atoms with Gasteiger partial charge in [-0.2, -0.15) is 0 Å². The molecule has 1 aromatic rings. The van der Waals surface area contributed by atoms with Gasteiger partial charge in [0.15, 0.2) is 5.96 Å². The lowest BCUT2D eigenvalue weighted by Crippen LogP contribution is -2.24. The average molecular weight is 386 g/mol. The highest BCUT2D eigenvalue weighted by molar-refractivity contribution is 14.0. The van der Waals surface area contributed by atoms with Crippen molar-refractivity contribution in [2.75, 3.05) is 19.0 Å². The largest absolute Gasteiger partial charge is 0.495 e. The molecule has 0 aromatic heterocycles. The Morgan fingerprint density at radius 2 is 2.28 bits per heavy atom. The molecule has 0 aliphatic carbocycles. The molecule has 1 atom stereocenters. The molecule has 0 aliphatic heterocycles. The molecule has 0 bridgehead atoms. The average Bonchev–Trinajstić information content (AvgIpc) is 2.26. The second kappa shape index (κ2) is 8.39. The van der Waals surface area contributed by atoms with Crippen LogP contribution in [0, 0.1) is 0 Å². The lowest BCUT2D eigenvalue weighted by Gasteiger charge is -2.08. The van der Waals surface area contributed by atoms with Crippen LogP contribution in [0.1, 0.15) is 6.92 Å². The Hall–Kier alpha value is -0.730. The molecule has 0 saturated carbocycles. The minimum atomic E-state index is -0.519. The van der Waals surface area contributed by atoms with E-state index >= 15 is 0 Å². The SMILES string of the molecule is COc1ccc(NC(N)=NCC(C)O)cc1Cl.I. The summed E-state index contributed by atoms with van der Waals surface area (Å²) < 4.78 is 5.03. The van der Waals surface area contributed by atoms with Crippen molar-refractivity contribution < 1.29 is 9.84 Å². The number of benzene rings is 1. The molecule has 18 heavy (non-hydrogen) atoms. The number of aliphatic hydroxyl groups is 1. The van der Waals surface area contributed by atoms with E-state index in [-0.39, 0.29) is 36.5 Å². The minimum Gasteiger partial charge on any atom is -0.495 e. The van der Waals surface area contributed by atoms with Gasteiger partial charge in [0.1, 0.15) is 5.75 Å². The van der Waals surface area contributed by atoms with Gasteiger partial charge in [0.2, 0.25) is 0 Å². The molecule has 4 N–H and O–H groups in total. The van der Waals surface area contributed by atoms with Crippen molar-refractivity contribution in [3.05, 3.63) is 23.2 Å². The predicted octanol–water partition coefficient (Wildman–Crippen LogP) is 2.07. The van der Waals surface area contributed by atoms with Gasteiger partial charge in [-0.05, 0) is 25.1 Å². The Balaban J connectivity index is 0.00000289.